The third-order valence-electron chi connectivity index (χ3n) is 3.35. The summed E-state index contributed by atoms with van der Waals surface area (Å²) in [5, 5.41) is 4.45. The van der Waals surface area contributed by atoms with E-state index in [1.807, 2.05) is 6.07 Å². The maximum atomic E-state index is 12.0. The minimum atomic E-state index is 0.0533. The number of ketones is 1. The van der Waals surface area contributed by atoms with Crippen molar-refractivity contribution in [2.75, 3.05) is 11.9 Å². The molecular weight excluding hydrogens is 371 g/mol. The molecule has 0 unspecified atom stereocenters. The Kier molecular flexibility index (Phi) is 5.23. The number of hydrogen-bond donors (Lipinski definition) is 2. The number of pyridine rings is 1. The maximum absolute atomic E-state index is 12.0. The van der Waals surface area contributed by atoms with Gasteiger partial charge in [0.05, 0.1) is 12.1 Å². The zero-order valence-corrected chi connectivity index (χ0v) is 14.7. The minimum absolute atomic E-state index is 0.0533. The van der Waals surface area contributed by atoms with Crippen molar-refractivity contribution >= 4 is 57.4 Å². The van der Waals surface area contributed by atoms with Gasteiger partial charge in [-0.1, -0.05) is 34.8 Å². The number of carbonyl (C=O) groups excluding carboxylic acids is 1. The normalized spacial score (nSPS) is 11.0. The van der Waals surface area contributed by atoms with E-state index in [0.29, 0.717) is 45.2 Å². The molecule has 0 aliphatic carbocycles. The van der Waals surface area contributed by atoms with Gasteiger partial charge in [0.1, 0.15) is 11.0 Å². The molecule has 3 rings (SSSR count). The fourth-order valence-corrected chi connectivity index (χ4v) is 2.91. The number of aromatic amines is 1. The van der Waals surface area contributed by atoms with Crippen LogP contribution in [0.15, 0.2) is 30.3 Å². The van der Waals surface area contributed by atoms with E-state index in [1.165, 1.54) is 0 Å². The number of aryl methyl sites for hydroxylation is 1. The van der Waals surface area contributed by atoms with Crippen molar-refractivity contribution in [1.82, 2.24) is 15.0 Å². The van der Waals surface area contributed by atoms with Gasteiger partial charge in [0.15, 0.2) is 11.4 Å². The maximum Gasteiger partial charge on any atom is 0.179 e. The van der Waals surface area contributed by atoms with E-state index < -0.39 is 0 Å². The van der Waals surface area contributed by atoms with Gasteiger partial charge in [-0.15, -0.1) is 0 Å². The van der Waals surface area contributed by atoms with Crippen LogP contribution in [0.2, 0.25) is 15.2 Å². The molecule has 2 heterocycles. The fraction of sp³-hybridized carbons (Fsp3) is 0.188. The summed E-state index contributed by atoms with van der Waals surface area (Å²) in [5.74, 6) is 0.761. The van der Waals surface area contributed by atoms with Crippen molar-refractivity contribution in [2.24, 2.45) is 0 Å². The van der Waals surface area contributed by atoms with E-state index in [-0.39, 0.29) is 12.3 Å². The summed E-state index contributed by atoms with van der Waals surface area (Å²) in [6.07, 6.45) is 0.861. The smallest absolute Gasteiger partial charge is 0.179 e. The molecule has 0 bridgehead atoms. The molecule has 0 aliphatic heterocycles. The van der Waals surface area contributed by atoms with Crippen LogP contribution < -0.4 is 5.32 Å². The molecule has 0 aliphatic rings. The van der Waals surface area contributed by atoms with Crippen LogP contribution in [-0.2, 0) is 11.2 Å². The lowest BCUT2D eigenvalue weighted by molar-refractivity contribution is -0.117. The third kappa shape index (κ3) is 4.38. The number of rotatable bonds is 6. The van der Waals surface area contributed by atoms with Gasteiger partial charge < -0.3 is 10.3 Å². The Balaban J connectivity index is 1.54. The highest BCUT2D eigenvalue weighted by Crippen LogP contribution is 2.22. The van der Waals surface area contributed by atoms with Gasteiger partial charge in [-0.05, 0) is 30.3 Å². The summed E-state index contributed by atoms with van der Waals surface area (Å²) in [4.78, 5) is 23.6. The largest absolute Gasteiger partial charge is 0.378 e. The summed E-state index contributed by atoms with van der Waals surface area (Å²) < 4.78 is 0. The number of halogens is 3. The van der Waals surface area contributed by atoms with Crippen molar-refractivity contribution in [3.8, 4) is 0 Å². The Morgan fingerprint density at radius 1 is 1.08 bits per heavy atom. The number of Topliss-reactive ketones (excluding diaryl/α,β-unsaturated/α-hetero) is 1. The molecule has 2 aromatic heterocycles. The molecule has 0 spiro atoms. The SMILES string of the molecule is O=C(CCc1nc2nc(Cl)ccc2[nH]1)CNc1cc(Cl)cc(Cl)c1. The average Bonchev–Trinajstić information content (AvgIpc) is 2.92. The van der Waals surface area contributed by atoms with Crippen LogP contribution in [0.5, 0.6) is 0 Å². The van der Waals surface area contributed by atoms with E-state index in [2.05, 4.69) is 20.3 Å². The van der Waals surface area contributed by atoms with Crippen LogP contribution in [0.25, 0.3) is 11.2 Å². The van der Waals surface area contributed by atoms with E-state index in [0.717, 1.165) is 5.52 Å². The topological polar surface area (TPSA) is 70.7 Å². The zero-order valence-electron chi connectivity index (χ0n) is 12.4. The summed E-state index contributed by atoms with van der Waals surface area (Å²) >= 11 is 17.7. The summed E-state index contributed by atoms with van der Waals surface area (Å²) in [5.41, 5.74) is 2.06. The molecule has 0 saturated carbocycles. The zero-order chi connectivity index (χ0) is 17.1. The molecule has 0 fully saturated rings. The summed E-state index contributed by atoms with van der Waals surface area (Å²) in [6, 6.07) is 8.58. The standard InChI is InChI=1S/C16H13Cl3N4O/c17-9-5-10(18)7-11(6-9)20-8-12(24)1-4-15-21-13-2-3-14(19)22-16(13)23-15/h2-3,5-7,20H,1,4,8H2,(H,21,22,23). The van der Waals surface area contributed by atoms with Crippen LogP contribution in [0.4, 0.5) is 5.69 Å². The molecule has 5 nitrogen and oxygen atoms in total. The summed E-state index contributed by atoms with van der Waals surface area (Å²) in [7, 11) is 0. The Morgan fingerprint density at radius 2 is 1.83 bits per heavy atom. The second kappa shape index (κ2) is 7.38. The van der Waals surface area contributed by atoms with Crippen LogP contribution in [0, 0.1) is 0 Å². The van der Waals surface area contributed by atoms with E-state index in [4.69, 9.17) is 34.8 Å². The summed E-state index contributed by atoms with van der Waals surface area (Å²) in [6.45, 7) is 0.195. The average molecular weight is 384 g/mol. The Labute approximate surface area is 153 Å². The van der Waals surface area contributed by atoms with Crippen molar-refractivity contribution in [3.63, 3.8) is 0 Å². The third-order valence-corrected chi connectivity index (χ3v) is 4.00. The second-order valence-electron chi connectivity index (χ2n) is 5.24. The fourth-order valence-electron chi connectivity index (χ4n) is 2.24. The number of carbonyl (C=O) groups is 1. The van der Waals surface area contributed by atoms with Crippen LogP contribution in [0.3, 0.4) is 0 Å². The molecule has 3 aromatic rings. The Hall–Kier alpha value is -1.82. The molecule has 0 saturated heterocycles. The minimum Gasteiger partial charge on any atom is -0.378 e. The predicted molar refractivity (Wildman–Crippen MR) is 97.2 cm³/mol. The van der Waals surface area contributed by atoms with Gasteiger partial charge in [0, 0.05) is 28.6 Å². The molecular formula is C16H13Cl3N4O. The van der Waals surface area contributed by atoms with Gasteiger partial charge in [-0.25, -0.2) is 9.97 Å². The molecule has 8 heteroatoms. The number of anilines is 1. The predicted octanol–water partition coefficient (Wildman–Crippen LogP) is 4.53. The van der Waals surface area contributed by atoms with Gasteiger partial charge in [-0.3, -0.25) is 4.79 Å². The highest BCUT2D eigenvalue weighted by atomic mass is 35.5. The number of H-pyrrole nitrogens is 1. The lowest BCUT2D eigenvalue weighted by Crippen LogP contribution is -2.14. The molecule has 1 aromatic carbocycles. The Bertz CT molecular complexity index is 874. The van der Waals surface area contributed by atoms with Crippen molar-refractivity contribution in [3.05, 3.63) is 51.4 Å². The number of hydrogen-bond acceptors (Lipinski definition) is 4. The van der Waals surface area contributed by atoms with Gasteiger partial charge in [0.25, 0.3) is 0 Å². The number of nitrogens with zero attached hydrogens (tertiary/aromatic N) is 2. The van der Waals surface area contributed by atoms with Gasteiger partial charge in [-0.2, -0.15) is 0 Å². The first-order valence-electron chi connectivity index (χ1n) is 7.22. The molecule has 0 amide bonds. The quantitative estimate of drug-likeness (QED) is 0.613. The first-order valence-corrected chi connectivity index (χ1v) is 8.36. The molecule has 0 radical (unpaired) electrons. The molecule has 2 N–H and O–H groups in total. The van der Waals surface area contributed by atoms with Crippen LogP contribution >= 0.6 is 34.8 Å². The van der Waals surface area contributed by atoms with E-state index in [1.54, 1.807) is 24.3 Å². The number of nitrogens with one attached hydrogen (secondary N) is 2. The molecule has 24 heavy (non-hydrogen) atoms. The first-order chi connectivity index (χ1) is 11.5. The number of fused-ring (bicyclic) bond motifs is 1. The van der Waals surface area contributed by atoms with Gasteiger partial charge in [0.2, 0.25) is 0 Å². The van der Waals surface area contributed by atoms with Crippen molar-refractivity contribution in [2.45, 2.75) is 12.8 Å². The molecule has 0 atom stereocenters. The van der Waals surface area contributed by atoms with Crippen LogP contribution in [-0.4, -0.2) is 27.3 Å². The van der Waals surface area contributed by atoms with E-state index in [9.17, 15) is 4.79 Å². The monoisotopic (exact) mass is 382 g/mol. The first kappa shape index (κ1) is 17.0. The lowest BCUT2D eigenvalue weighted by atomic mass is 10.2. The lowest BCUT2D eigenvalue weighted by Gasteiger charge is -2.06. The van der Waals surface area contributed by atoms with Crippen LogP contribution in [0.1, 0.15) is 12.2 Å². The van der Waals surface area contributed by atoms with Crippen molar-refractivity contribution in [1.29, 1.82) is 0 Å². The van der Waals surface area contributed by atoms with Gasteiger partial charge >= 0.3 is 0 Å². The number of aromatic nitrogens is 3. The highest BCUT2D eigenvalue weighted by molar-refractivity contribution is 6.35. The molecule has 124 valence electrons. The van der Waals surface area contributed by atoms with E-state index >= 15 is 0 Å². The highest BCUT2D eigenvalue weighted by Gasteiger charge is 2.08. The number of benzene rings is 1. The Morgan fingerprint density at radius 3 is 2.58 bits per heavy atom. The second-order valence-corrected chi connectivity index (χ2v) is 6.50. The van der Waals surface area contributed by atoms with Crippen molar-refractivity contribution < 1.29 is 4.79 Å². The number of imidazole rings is 1.